The number of halogens is 6. The smallest absolute Gasteiger partial charge is 0.452 e. The second-order valence-corrected chi connectivity index (χ2v) is 9.04. The molecule has 0 saturated carbocycles. The first-order chi connectivity index (χ1) is 18.9. The molecule has 8 nitrogen and oxygen atoms in total. The van der Waals surface area contributed by atoms with E-state index >= 15 is 0 Å². The Hall–Kier alpha value is -4.62. The van der Waals surface area contributed by atoms with E-state index in [1.165, 1.54) is 36.8 Å². The van der Waals surface area contributed by atoms with Crippen LogP contribution in [0.25, 0.3) is 10.9 Å². The monoisotopic (exact) mass is 563 g/mol. The lowest BCUT2D eigenvalue weighted by molar-refractivity contribution is -0.205. The highest BCUT2D eigenvalue weighted by atomic mass is 19.4. The summed E-state index contributed by atoms with van der Waals surface area (Å²) < 4.78 is 82.6. The zero-order valence-electron chi connectivity index (χ0n) is 20.3. The maximum atomic E-state index is 13.2. The Labute approximate surface area is 222 Å². The van der Waals surface area contributed by atoms with Crippen molar-refractivity contribution >= 4 is 34.3 Å². The Kier molecular flexibility index (Phi) is 6.85. The molecule has 1 amide bonds. The molecular formula is C26H19F6N5O3. The van der Waals surface area contributed by atoms with Crippen LogP contribution in [0.5, 0.6) is 0 Å². The molecule has 3 aromatic heterocycles. The number of carbonyl (C=O) groups excluding carboxylic acids is 2. The van der Waals surface area contributed by atoms with Crippen molar-refractivity contribution in [2.45, 2.75) is 25.0 Å². The molecule has 0 spiro atoms. The highest BCUT2D eigenvalue weighted by molar-refractivity contribution is 6.06. The fourth-order valence-corrected chi connectivity index (χ4v) is 4.25. The molecule has 0 unspecified atom stereocenters. The fraction of sp³-hybridized carbons (Fsp3) is 0.231. The van der Waals surface area contributed by atoms with Gasteiger partial charge in [-0.1, -0.05) is 12.1 Å². The molecule has 1 fully saturated rings. The van der Waals surface area contributed by atoms with Crippen LogP contribution in [0.4, 0.5) is 37.8 Å². The maximum Gasteiger partial charge on any atom is 0.490 e. The van der Waals surface area contributed by atoms with Crippen molar-refractivity contribution in [3.8, 4) is 0 Å². The Morgan fingerprint density at radius 1 is 1.00 bits per heavy atom. The van der Waals surface area contributed by atoms with Crippen molar-refractivity contribution in [3.05, 3.63) is 83.9 Å². The number of benzene rings is 1. The Bertz CT molecular complexity index is 1560. The summed E-state index contributed by atoms with van der Waals surface area (Å²) in [6.45, 7) is 0.0442. The van der Waals surface area contributed by atoms with Gasteiger partial charge in [-0.15, -0.1) is 0 Å². The van der Waals surface area contributed by atoms with Gasteiger partial charge in [0.2, 0.25) is 0 Å². The van der Waals surface area contributed by atoms with E-state index in [-0.39, 0.29) is 25.3 Å². The molecule has 4 heterocycles. The molecule has 1 aliphatic rings. The van der Waals surface area contributed by atoms with E-state index in [9.17, 15) is 35.9 Å². The van der Waals surface area contributed by atoms with Crippen LogP contribution < -0.4 is 10.2 Å². The highest BCUT2D eigenvalue weighted by Crippen LogP contribution is 2.30. The molecule has 208 valence electrons. The van der Waals surface area contributed by atoms with Crippen LogP contribution in [0.3, 0.4) is 0 Å². The van der Waals surface area contributed by atoms with Crippen LogP contribution in [0.15, 0.2) is 67.1 Å². The van der Waals surface area contributed by atoms with E-state index in [2.05, 4.69) is 20.0 Å². The van der Waals surface area contributed by atoms with Gasteiger partial charge in [0.15, 0.2) is 0 Å². The minimum atomic E-state index is -5.06. The molecular weight excluding hydrogens is 544 g/mol. The van der Waals surface area contributed by atoms with Crippen molar-refractivity contribution in [1.82, 2.24) is 14.5 Å². The maximum absolute atomic E-state index is 13.2. The molecule has 40 heavy (non-hydrogen) atoms. The number of carbonyl (C=O) groups is 2. The average Bonchev–Trinajstić information content (AvgIpc) is 3.24. The van der Waals surface area contributed by atoms with Gasteiger partial charge in [-0.25, -0.2) is 9.78 Å². The van der Waals surface area contributed by atoms with Crippen molar-refractivity contribution in [3.63, 3.8) is 0 Å². The number of pyridine rings is 2. The van der Waals surface area contributed by atoms with E-state index < -0.39 is 35.9 Å². The largest absolute Gasteiger partial charge is 0.490 e. The highest BCUT2D eigenvalue weighted by Gasteiger charge is 2.44. The minimum absolute atomic E-state index is 0.0197. The van der Waals surface area contributed by atoms with Gasteiger partial charge in [0, 0.05) is 18.1 Å². The second-order valence-electron chi connectivity index (χ2n) is 9.04. The van der Waals surface area contributed by atoms with Crippen LogP contribution >= 0.6 is 0 Å². The van der Waals surface area contributed by atoms with Crippen molar-refractivity contribution < 1.29 is 40.7 Å². The quantitative estimate of drug-likeness (QED) is 0.261. The van der Waals surface area contributed by atoms with E-state index in [0.717, 1.165) is 12.1 Å². The van der Waals surface area contributed by atoms with Crippen LogP contribution in [-0.2, 0) is 22.3 Å². The van der Waals surface area contributed by atoms with Crippen LogP contribution in [-0.4, -0.2) is 51.8 Å². The number of ether oxygens (including phenoxy) is 1. The second kappa shape index (κ2) is 10.2. The van der Waals surface area contributed by atoms with E-state index in [0.29, 0.717) is 28.0 Å². The first-order valence-electron chi connectivity index (χ1n) is 11.8. The summed E-state index contributed by atoms with van der Waals surface area (Å²) in [4.78, 5) is 34.0. The Morgan fingerprint density at radius 2 is 1.77 bits per heavy atom. The molecule has 4 aromatic rings. The number of amides is 1. The van der Waals surface area contributed by atoms with Gasteiger partial charge in [0.25, 0.3) is 5.91 Å². The summed E-state index contributed by atoms with van der Waals surface area (Å²) in [6.07, 6.45) is -6.09. The number of rotatable bonds is 6. The van der Waals surface area contributed by atoms with Gasteiger partial charge < -0.3 is 19.5 Å². The lowest BCUT2D eigenvalue weighted by Gasteiger charge is -2.39. The molecule has 0 atom stereocenters. The van der Waals surface area contributed by atoms with Gasteiger partial charge in [0.05, 0.1) is 42.3 Å². The summed E-state index contributed by atoms with van der Waals surface area (Å²) >= 11 is 0. The fourth-order valence-electron chi connectivity index (χ4n) is 4.25. The summed E-state index contributed by atoms with van der Waals surface area (Å²) in [5, 5.41) is 3.37. The molecule has 1 N–H and O–H groups in total. The SMILES string of the molecule is O=C(Nc1ccc(N2CC(OC(=O)C(F)(F)F)C2)nc1)c1cc2ccncc2n1Cc1cccc(C(F)(F)F)c1. The van der Waals surface area contributed by atoms with Gasteiger partial charge in [-0.2, -0.15) is 26.3 Å². The van der Waals surface area contributed by atoms with Crippen molar-refractivity contribution in [2.75, 3.05) is 23.3 Å². The average molecular weight is 563 g/mol. The third-order valence-corrected chi connectivity index (χ3v) is 6.22. The molecule has 5 rings (SSSR count). The number of anilines is 2. The number of aromatic nitrogens is 3. The number of nitrogens with zero attached hydrogens (tertiary/aromatic N) is 4. The zero-order valence-corrected chi connectivity index (χ0v) is 20.3. The van der Waals surface area contributed by atoms with E-state index in [1.54, 1.807) is 27.7 Å². The zero-order chi connectivity index (χ0) is 28.7. The van der Waals surface area contributed by atoms with Gasteiger partial charge in [-0.05, 0) is 42.0 Å². The summed E-state index contributed by atoms with van der Waals surface area (Å²) in [5.74, 6) is -2.38. The van der Waals surface area contributed by atoms with E-state index in [4.69, 9.17) is 0 Å². The molecule has 1 aliphatic heterocycles. The Balaban J connectivity index is 1.29. The minimum Gasteiger partial charge on any atom is -0.452 e. The number of esters is 1. The van der Waals surface area contributed by atoms with Crippen LogP contribution in [0.2, 0.25) is 0 Å². The summed E-state index contributed by atoms with van der Waals surface area (Å²) in [5.41, 5.74) is 0.579. The van der Waals surface area contributed by atoms with Gasteiger partial charge in [0.1, 0.15) is 17.6 Å². The van der Waals surface area contributed by atoms with Crippen LogP contribution in [0.1, 0.15) is 21.6 Å². The predicted molar refractivity (Wildman–Crippen MR) is 131 cm³/mol. The lowest BCUT2D eigenvalue weighted by atomic mass is 10.1. The molecule has 1 aromatic carbocycles. The van der Waals surface area contributed by atoms with Crippen molar-refractivity contribution in [2.24, 2.45) is 0 Å². The lowest BCUT2D eigenvalue weighted by Crippen LogP contribution is -2.54. The Morgan fingerprint density at radius 3 is 2.45 bits per heavy atom. The molecule has 0 aliphatic carbocycles. The van der Waals surface area contributed by atoms with E-state index in [1.807, 2.05) is 0 Å². The third-order valence-electron chi connectivity index (χ3n) is 6.22. The summed E-state index contributed by atoms with van der Waals surface area (Å²) in [7, 11) is 0. The normalized spacial score (nSPS) is 14.2. The van der Waals surface area contributed by atoms with Gasteiger partial charge >= 0.3 is 18.3 Å². The first-order valence-corrected chi connectivity index (χ1v) is 11.8. The predicted octanol–water partition coefficient (Wildman–Crippen LogP) is 5.04. The number of hydrogen-bond acceptors (Lipinski definition) is 6. The number of hydrogen-bond donors (Lipinski definition) is 1. The third kappa shape index (κ3) is 5.70. The van der Waals surface area contributed by atoms with Crippen molar-refractivity contribution in [1.29, 1.82) is 0 Å². The number of alkyl halides is 6. The molecule has 0 bridgehead atoms. The molecule has 14 heteroatoms. The van der Waals surface area contributed by atoms with Gasteiger partial charge in [-0.3, -0.25) is 9.78 Å². The first kappa shape index (κ1) is 27.0. The summed E-state index contributed by atoms with van der Waals surface area (Å²) in [6, 6.07) is 11.2. The number of fused-ring (bicyclic) bond motifs is 1. The topological polar surface area (TPSA) is 89.3 Å². The standard InChI is InChI=1S/C26H19F6N5O3/c27-25(28,29)17-3-1-2-15(8-17)12-37-20(9-16-6-7-33-11-21(16)37)23(38)35-18-4-5-22(34-10-18)36-13-19(14-36)40-24(39)26(30,31)32/h1-11,19H,12-14H2,(H,35,38). The molecule has 1 saturated heterocycles. The number of nitrogens with one attached hydrogen (secondary N) is 1. The van der Waals surface area contributed by atoms with Crippen LogP contribution in [0, 0.1) is 0 Å². The molecule has 0 radical (unpaired) electrons.